The molecule has 3 nitrogen and oxygen atoms in total. The SMILES string of the molecule is CCCC[NH+](C)C1CCN(C(=S)Nc2cccc(Cl)c2C)CC1. The third kappa shape index (κ3) is 5.07. The van der Waals surface area contributed by atoms with Gasteiger partial charge in [-0.25, -0.2) is 0 Å². The molecule has 1 aromatic rings. The van der Waals surface area contributed by atoms with Crippen molar-refractivity contribution in [2.75, 3.05) is 32.0 Å². The zero-order chi connectivity index (χ0) is 16.8. The second-order valence-electron chi connectivity index (χ2n) is 6.55. The van der Waals surface area contributed by atoms with Gasteiger partial charge < -0.3 is 15.1 Å². The summed E-state index contributed by atoms with van der Waals surface area (Å²) < 4.78 is 0. The number of halogens is 1. The summed E-state index contributed by atoms with van der Waals surface area (Å²) in [5.74, 6) is 0. The van der Waals surface area contributed by atoms with E-state index >= 15 is 0 Å². The maximum Gasteiger partial charge on any atom is 0.173 e. The fraction of sp³-hybridized carbons (Fsp3) is 0.611. The molecule has 1 aliphatic rings. The molecule has 1 aliphatic heterocycles. The van der Waals surface area contributed by atoms with Gasteiger partial charge in [-0.3, -0.25) is 0 Å². The van der Waals surface area contributed by atoms with E-state index in [-0.39, 0.29) is 0 Å². The number of unbranched alkanes of at least 4 members (excludes halogenated alkanes) is 1. The molecule has 1 unspecified atom stereocenters. The number of thiocarbonyl (C=S) groups is 1. The van der Waals surface area contributed by atoms with Crippen LogP contribution >= 0.6 is 23.8 Å². The number of anilines is 1. The Morgan fingerprint density at radius 1 is 1.39 bits per heavy atom. The number of likely N-dealkylation sites (tertiary alicyclic amines) is 1. The van der Waals surface area contributed by atoms with E-state index < -0.39 is 0 Å². The van der Waals surface area contributed by atoms with Crippen molar-refractivity contribution in [2.24, 2.45) is 0 Å². The fourth-order valence-corrected chi connectivity index (χ4v) is 3.64. The van der Waals surface area contributed by atoms with Crippen LogP contribution in [0.2, 0.25) is 5.02 Å². The molecule has 1 saturated heterocycles. The first kappa shape index (κ1) is 18.5. The summed E-state index contributed by atoms with van der Waals surface area (Å²) in [6, 6.07) is 6.67. The van der Waals surface area contributed by atoms with Gasteiger partial charge in [-0.1, -0.05) is 31.0 Å². The molecule has 128 valence electrons. The lowest BCUT2D eigenvalue weighted by molar-refractivity contribution is -0.907. The van der Waals surface area contributed by atoms with Crippen molar-refractivity contribution in [3.8, 4) is 0 Å². The van der Waals surface area contributed by atoms with Crippen LogP contribution in [0.3, 0.4) is 0 Å². The van der Waals surface area contributed by atoms with Crippen LogP contribution < -0.4 is 10.2 Å². The summed E-state index contributed by atoms with van der Waals surface area (Å²) in [6.07, 6.45) is 5.03. The Hall–Kier alpha value is -0.840. The molecule has 5 heteroatoms. The molecule has 23 heavy (non-hydrogen) atoms. The van der Waals surface area contributed by atoms with Crippen LogP contribution in [0, 0.1) is 6.92 Å². The maximum absolute atomic E-state index is 6.18. The van der Waals surface area contributed by atoms with Crippen molar-refractivity contribution in [1.82, 2.24) is 4.90 Å². The molecule has 0 saturated carbocycles. The minimum atomic E-state index is 0.772. The number of hydrogen-bond acceptors (Lipinski definition) is 1. The minimum absolute atomic E-state index is 0.772. The number of nitrogens with zero attached hydrogens (tertiary/aromatic N) is 1. The van der Waals surface area contributed by atoms with Crippen LogP contribution in [-0.4, -0.2) is 42.7 Å². The van der Waals surface area contributed by atoms with E-state index in [4.69, 9.17) is 23.8 Å². The van der Waals surface area contributed by atoms with Crippen molar-refractivity contribution in [2.45, 2.75) is 45.6 Å². The molecule has 1 atom stereocenters. The smallest absolute Gasteiger partial charge is 0.173 e. The normalized spacial score (nSPS) is 17.1. The number of rotatable bonds is 5. The van der Waals surface area contributed by atoms with Crippen LogP contribution in [-0.2, 0) is 0 Å². The predicted octanol–water partition coefficient (Wildman–Crippen LogP) is 3.12. The summed E-state index contributed by atoms with van der Waals surface area (Å²) in [5, 5.41) is 4.96. The van der Waals surface area contributed by atoms with Crippen molar-refractivity contribution in [3.05, 3.63) is 28.8 Å². The lowest BCUT2D eigenvalue weighted by Crippen LogP contribution is -3.13. The van der Waals surface area contributed by atoms with Gasteiger partial charge in [-0.15, -0.1) is 0 Å². The van der Waals surface area contributed by atoms with E-state index in [2.05, 4.69) is 24.2 Å². The van der Waals surface area contributed by atoms with Gasteiger partial charge in [0, 0.05) is 36.6 Å². The Labute approximate surface area is 151 Å². The first-order valence-corrected chi connectivity index (χ1v) is 9.45. The summed E-state index contributed by atoms with van der Waals surface area (Å²) in [4.78, 5) is 3.97. The van der Waals surface area contributed by atoms with Gasteiger partial charge in [0.25, 0.3) is 0 Å². The van der Waals surface area contributed by atoms with Crippen molar-refractivity contribution < 1.29 is 4.90 Å². The molecule has 0 aliphatic carbocycles. The molecule has 2 rings (SSSR count). The molecule has 1 heterocycles. The van der Waals surface area contributed by atoms with E-state index in [1.807, 2.05) is 25.1 Å². The van der Waals surface area contributed by atoms with Gasteiger partial charge in [0.15, 0.2) is 5.11 Å². The molecule has 0 radical (unpaired) electrons. The highest BCUT2D eigenvalue weighted by molar-refractivity contribution is 7.80. The first-order chi connectivity index (χ1) is 11.0. The highest BCUT2D eigenvalue weighted by atomic mass is 35.5. The van der Waals surface area contributed by atoms with E-state index in [9.17, 15) is 0 Å². The van der Waals surface area contributed by atoms with Gasteiger partial charge in [0.05, 0.1) is 19.6 Å². The zero-order valence-electron chi connectivity index (χ0n) is 14.5. The van der Waals surface area contributed by atoms with Crippen LogP contribution in [0.1, 0.15) is 38.2 Å². The third-order valence-corrected chi connectivity index (χ3v) is 5.68. The van der Waals surface area contributed by atoms with Crippen molar-refractivity contribution in [1.29, 1.82) is 0 Å². The van der Waals surface area contributed by atoms with Crippen LogP contribution in [0.15, 0.2) is 18.2 Å². The lowest BCUT2D eigenvalue weighted by Gasteiger charge is -2.36. The van der Waals surface area contributed by atoms with E-state index in [0.29, 0.717) is 0 Å². The summed E-state index contributed by atoms with van der Waals surface area (Å²) in [7, 11) is 2.34. The van der Waals surface area contributed by atoms with Gasteiger partial charge in [-0.05, 0) is 43.3 Å². The molecule has 0 spiro atoms. The largest absolute Gasteiger partial charge is 0.349 e. The summed E-state index contributed by atoms with van der Waals surface area (Å²) in [5.41, 5.74) is 2.06. The Balaban J connectivity index is 1.85. The highest BCUT2D eigenvalue weighted by Gasteiger charge is 2.26. The lowest BCUT2D eigenvalue weighted by atomic mass is 10.0. The standard InChI is InChI=1S/C18H28ClN3S/c1-4-5-11-21(3)15-9-12-22(13-10-15)18(23)20-17-8-6-7-16(19)14(17)2/h6-8,15H,4-5,9-13H2,1-3H3,(H,20,23)/p+1. The molecular formula is C18H29ClN3S+. The highest BCUT2D eigenvalue weighted by Crippen LogP contribution is 2.23. The number of quaternary nitrogens is 1. The Bertz CT molecular complexity index is 527. The van der Waals surface area contributed by atoms with Crippen LogP contribution in [0.5, 0.6) is 0 Å². The minimum Gasteiger partial charge on any atom is -0.349 e. The molecule has 0 aromatic heterocycles. The zero-order valence-corrected chi connectivity index (χ0v) is 16.1. The monoisotopic (exact) mass is 354 g/mol. The average Bonchev–Trinajstić information content (AvgIpc) is 2.57. The van der Waals surface area contributed by atoms with Gasteiger partial charge in [0.1, 0.15) is 0 Å². The van der Waals surface area contributed by atoms with E-state index in [1.54, 1.807) is 4.90 Å². The quantitative estimate of drug-likeness (QED) is 0.793. The Kier molecular flexibility index (Phi) is 7.12. The van der Waals surface area contributed by atoms with E-state index in [1.165, 1.54) is 32.2 Å². The Morgan fingerprint density at radius 2 is 2.09 bits per heavy atom. The fourth-order valence-electron chi connectivity index (χ4n) is 3.17. The second-order valence-corrected chi connectivity index (χ2v) is 7.35. The van der Waals surface area contributed by atoms with Crippen LogP contribution in [0.25, 0.3) is 0 Å². The number of benzene rings is 1. The Morgan fingerprint density at radius 3 is 2.74 bits per heavy atom. The number of piperidine rings is 1. The van der Waals surface area contributed by atoms with Crippen molar-refractivity contribution in [3.63, 3.8) is 0 Å². The van der Waals surface area contributed by atoms with Gasteiger partial charge in [0.2, 0.25) is 0 Å². The average molecular weight is 355 g/mol. The topological polar surface area (TPSA) is 19.7 Å². The predicted molar refractivity (Wildman–Crippen MR) is 104 cm³/mol. The van der Waals surface area contributed by atoms with Gasteiger partial charge in [-0.2, -0.15) is 0 Å². The first-order valence-electron chi connectivity index (χ1n) is 8.66. The molecule has 1 aromatic carbocycles. The molecule has 0 bridgehead atoms. The molecular weight excluding hydrogens is 326 g/mol. The third-order valence-electron chi connectivity index (χ3n) is 4.91. The summed E-state index contributed by atoms with van der Waals surface area (Å²) in [6.45, 7) is 7.65. The van der Waals surface area contributed by atoms with Crippen LogP contribution in [0.4, 0.5) is 5.69 Å². The van der Waals surface area contributed by atoms with E-state index in [0.717, 1.165) is 40.5 Å². The summed E-state index contributed by atoms with van der Waals surface area (Å²) >= 11 is 11.8. The molecule has 2 N–H and O–H groups in total. The number of hydrogen-bond donors (Lipinski definition) is 2. The number of nitrogens with one attached hydrogen (secondary N) is 2. The molecule has 0 amide bonds. The second kappa shape index (κ2) is 8.86. The maximum atomic E-state index is 6.18. The van der Waals surface area contributed by atoms with Gasteiger partial charge >= 0.3 is 0 Å². The molecule has 1 fully saturated rings. The van der Waals surface area contributed by atoms with Crippen molar-refractivity contribution >= 4 is 34.6 Å².